The summed E-state index contributed by atoms with van der Waals surface area (Å²) in [6.45, 7) is -1.38. The van der Waals surface area contributed by atoms with E-state index in [2.05, 4.69) is 0 Å². The topological polar surface area (TPSA) is 153 Å². The number of nitrogens with one attached hydrogen (secondary N) is 1. The molecule has 414 valence electrons. The molecule has 0 saturated heterocycles. The average molecular weight is 1100 g/mol. The van der Waals surface area contributed by atoms with E-state index in [0.29, 0.717) is 4.31 Å². The molecule has 0 spiro atoms. The number of hydrogen-bond donors (Lipinski definition) is 1. The van der Waals surface area contributed by atoms with E-state index in [4.69, 9.17) is 0 Å². The fourth-order valence-corrected chi connectivity index (χ4v) is 8.42. The van der Waals surface area contributed by atoms with Crippen molar-refractivity contribution in [2.45, 2.75) is 113 Å². The van der Waals surface area contributed by atoms with Crippen molar-refractivity contribution in [1.82, 2.24) is 9.03 Å². The zero-order valence-electron chi connectivity index (χ0n) is 36.3. The molecular formula is C33H56F21N5O7S2. The maximum absolute atomic E-state index is 14.1. The Balaban J connectivity index is -0.00000125. The molecule has 0 saturated carbocycles. The second-order valence-electron chi connectivity index (χ2n) is 16.9. The van der Waals surface area contributed by atoms with Crippen molar-refractivity contribution >= 4 is 20.0 Å². The van der Waals surface area contributed by atoms with E-state index in [0.717, 1.165) is 0 Å². The summed E-state index contributed by atoms with van der Waals surface area (Å²) in [7, 11) is -1.71. The molecule has 0 aromatic carbocycles. The molecule has 0 aliphatic rings. The quantitative estimate of drug-likeness (QED) is 0.0415. The molecule has 0 aliphatic carbocycles. The minimum atomic E-state index is -6.86. The number of nitrogens with zero attached hydrogens (tertiary/aromatic N) is 4. The average Bonchev–Trinajstić information content (AvgIpc) is 3.04. The van der Waals surface area contributed by atoms with Crippen molar-refractivity contribution < 1.29 is 123 Å². The van der Waals surface area contributed by atoms with Crippen LogP contribution in [0.1, 0.15) is 58.8 Å². The van der Waals surface area contributed by atoms with Crippen LogP contribution in [0.4, 0.5) is 92.2 Å². The Hall–Kier alpha value is -1.89. The lowest BCUT2D eigenvalue weighted by molar-refractivity contribution is -0.840. The maximum Gasteiger partial charge on any atom is 0.431 e. The van der Waals surface area contributed by atoms with Gasteiger partial charge in [-0.1, -0.05) is 7.43 Å². The van der Waals surface area contributed by atoms with E-state index in [9.17, 15) is 125 Å². The molecule has 68 heavy (non-hydrogen) atoms. The van der Waals surface area contributed by atoms with Crippen molar-refractivity contribution in [1.29, 1.82) is 0 Å². The van der Waals surface area contributed by atoms with E-state index in [-0.39, 0.29) is 66.0 Å². The number of hydroxylamine groups is 9. The number of quaternary nitrogens is 3. The summed E-state index contributed by atoms with van der Waals surface area (Å²) < 4.78 is 321. The van der Waals surface area contributed by atoms with Gasteiger partial charge >= 0.3 is 37.1 Å². The zero-order chi connectivity index (χ0) is 54.2. The van der Waals surface area contributed by atoms with E-state index in [1.54, 1.807) is 0 Å². The highest BCUT2D eigenvalue weighted by Gasteiger charge is 2.76. The van der Waals surface area contributed by atoms with Crippen LogP contribution in [-0.4, -0.2) is 182 Å². The van der Waals surface area contributed by atoms with Crippen LogP contribution in [0.15, 0.2) is 0 Å². The Kier molecular flexibility index (Phi) is 25.1. The molecule has 0 atom stereocenters. The van der Waals surface area contributed by atoms with Gasteiger partial charge in [0.1, 0.15) is 0 Å². The summed E-state index contributed by atoms with van der Waals surface area (Å²) in [4.78, 5) is 0. The summed E-state index contributed by atoms with van der Waals surface area (Å²) in [5.41, 5.74) is -18.3. The van der Waals surface area contributed by atoms with Crippen LogP contribution in [0.5, 0.6) is 0 Å². The lowest BCUT2D eigenvalue weighted by Gasteiger charge is -2.37. The molecule has 35 heteroatoms. The molecule has 0 aromatic rings. The normalized spacial score (nSPS) is 15.1. The van der Waals surface area contributed by atoms with Gasteiger partial charge in [0, 0.05) is 58.2 Å². The van der Waals surface area contributed by atoms with Crippen LogP contribution in [0.2, 0.25) is 0 Å². The summed E-state index contributed by atoms with van der Waals surface area (Å²) in [6.07, 6.45) is -51.5. The molecule has 0 heterocycles. The zero-order valence-corrected chi connectivity index (χ0v) is 37.9. The van der Waals surface area contributed by atoms with Gasteiger partial charge in [-0.15, -0.1) is 0 Å². The SMILES string of the molecule is C.C[N+](C)([O-])CCCN(CCC[N+](C)(C)[O-])S(=O)(=O)CCC(F)(C(F)(F)F)C(F)(F)F.C[N+](C)([O-])CCCNS(=O)(=O)CCCC(CC(F)(C(F)(F)F)C(F)(F)F)CC(F)(C(F)(F)F)C(F)(F)F. The van der Waals surface area contributed by atoms with Gasteiger partial charge in [0.25, 0.3) is 17.0 Å². The van der Waals surface area contributed by atoms with Crippen LogP contribution in [-0.2, 0) is 20.0 Å². The standard InChI is InChI=1S/C17H24F14N2O3S.C15H28F7N3O4S.CH4/c1-33(2,34)7-4-6-32-37(35,36)8-3-5-11(9-12(18,14(20,21)22)15(23,24)25)10-13(19,16(26,27)28)17(29,30)31;1-24(2,26)10-5-8-23(9-6-11-25(3,4)27)30(28,29)12-7-13(16,14(17,18)19)15(20,21)22;/h11,32H,3-10H2,1-2H3;5-12H2,1-4H3;1H4. The van der Waals surface area contributed by atoms with Gasteiger partial charge in [0.2, 0.25) is 20.0 Å². The maximum atomic E-state index is 14.1. The Labute approximate surface area is 379 Å². The van der Waals surface area contributed by atoms with Crippen molar-refractivity contribution in [3.8, 4) is 0 Å². The van der Waals surface area contributed by atoms with Crippen LogP contribution < -0.4 is 4.72 Å². The van der Waals surface area contributed by atoms with Crippen LogP contribution in [0.25, 0.3) is 0 Å². The summed E-state index contributed by atoms with van der Waals surface area (Å²) in [5, 5.41) is 34.5. The van der Waals surface area contributed by atoms with Gasteiger partial charge in [-0.25, -0.2) is 39.0 Å². The molecule has 0 fully saturated rings. The van der Waals surface area contributed by atoms with Gasteiger partial charge in [-0.05, 0) is 18.8 Å². The van der Waals surface area contributed by atoms with E-state index >= 15 is 0 Å². The number of hydrogen-bond acceptors (Lipinski definition) is 7. The predicted octanol–water partition coefficient (Wildman–Crippen LogP) is 9.12. The van der Waals surface area contributed by atoms with Gasteiger partial charge in [0.15, 0.2) is 0 Å². The first-order valence-corrected chi connectivity index (χ1v) is 22.3. The Morgan fingerprint density at radius 2 is 0.765 bits per heavy atom. The van der Waals surface area contributed by atoms with Crippen molar-refractivity contribution in [3.63, 3.8) is 0 Å². The molecule has 0 bridgehead atoms. The van der Waals surface area contributed by atoms with Crippen LogP contribution in [0, 0.1) is 21.5 Å². The van der Waals surface area contributed by atoms with Crippen molar-refractivity contribution in [2.24, 2.45) is 5.92 Å². The number of rotatable bonds is 25. The molecule has 1 N–H and O–H groups in total. The van der Waals surface area contributed by atoms with Gasteiger partial charge < -0.3 is 29.6 Å². The highest BCUT2D eigenvalue weighted by molar-refractivity contribution is 7.89. The first-order chi connectivity index (χ1) is 29.0. The number of alkyl halides is 21. The molecular weight excluding hydrogens is 1040 g/mol. The second-order valence-corrected chi connectivity index (χ2v) is 21.0. The third-order valence-electron chi connectivity index (χ3n) is 9.36. The van der Waals surface area contributed by atoms with Crippen LogP contribution >= 0.6 is 0 Å². The molecule has 0 amide bonds. The number of halogens is 21. The molecule has 0 aliphatic heterocycles. The Bertz CT molecular complexity index is 1620. The third kappa shape index (κ3) is 23.1. The predicted molar refractivity (Wildman–Crippen MR) is 203 cm³/mol. The molecule has 12 nitrogen and oxygen atoms in total. The summed E-state index contributed by atoms with van der Waals surface area (Å²) in [5.74, 6) is -6.18. The van der Waals surface area contributed by atoms with E-state index in [1.807, 2.05) is 4.72 Å². The van der Waals surface area contributed by atoms with Gasteiger partial charge in [0.05, 0.1) is 73.4 Å². The minimum absolute atomic E-state index is 0. The van der Waals surface area contributed by atoms with E-state index in [1.165, 1.54) is 42.3 Å². The third-order valence-corrected chi connectivity index (χ3v) is 12.7. The van der Waals surface area contributed by atoms with Crippen molar-refractivity contribution in [2.75, 3.05) is 93.1 Å². The smallest absolute Gasteiger partial charge is 0.431 e. The fraction of sp³-hybridized carbons (Fsp3) is 1.00. The highest BCUT2D eigenvalue weighted by atomic mass is 32.2. The fourth-order valence-electron chi connectivity index (χ4n) is 5.67. The molecule has 0 rings (SSSR count). The summed E-state index contributed by atoms with van der Waals surface area (Å²) in [6, 6.07) is 0. The minimum Gasteiger partial charge on any atom is -0.633 e. The molecule has 0 aromatic heterocycles. The molecule has 0 unspecified atom stereocenters. The first-order valence-electron chi connectivity index (χ1n) is 19.1. The van der Waals surface area contributed by atoms with Crippen molar-refractivity contribution in [3.05, 3.63) is 15.6 Å². The second kappa shape index (κ2) is 24.2. The van der Waals surface area contributed by atoms with E-state index < -0.39 is 138 Å². The summed E-state index contributed by atoms with van der Waals surface area (Å²) >= 11 is 0. The van der Waals surface area contributed by atoms with Gasteiger partial charge in [-0.3, -0.25) is 0 Å². The first kappa shape index (κ1) is 70.4. The highest BCUT2D eigenvalue weighted by Crippen LogP contribution is 2.55. The monoisotopic (exact) mass is 1100 g/mol. The lowest BCUT2D eigenvalue weighted by Crippen LogP contribution is -2.57. The lowest BCUT2D eigenvalue weighted by atomic mass is 9.80. The van der Waals surface area contributed by atoms with Crippen LogP contribution in [0.3, 0.4) is 0 Å². The Morgan fingerprint density at radius 3 is 1.04 bits per heavy atom. The number of sulfonamides is 2. The van der Waals surface area contributed by atoms with Gasteiger partial charge in [-0.2, -0.15) is 79.0 Å². The molecule has 0 radical (unpaired) electrons. The Morgan fingerprint density at radius 1 is 0.471 bits per heavy atom. The largest absolute Gasteiger partial charge is 0.633 e.